The first-order valence-electron chi connectivity index (χ1n) is 7.37. The number of nitriles is 1. The minimum absolute atomic E-state index is 0.0274. The van der Waals surface area contributed by atoms with Gasteiger partial charge in [-0.2, -0.15) is 5.26 Å². The number of thioether (sulfide) groups is 1. The largest absolute Gasteiger partial charge is 0.371 e. The molecule has 2 heterocycles. The summed E-state index contributed by atoms with van der Waals surface area (Å²) in [6, 6.07) is 7.16. The molecule has 0 aliphatic carbocycles. The third kappa shape index (κ3) is 2.59. The molecule has 0 saturated carbocycles. The Labute approximate surface area is 142 Å². The van der Waals surface area contributed by atoms with Crippen molar-refractivity contribution >= 4 is 23.4 Å². The molecule has 2 aromatic rings. The van der Waals surface area contributed by atoms with Crippen LogP contribution in [-0.4, -0.2) is 23.2 Å². The van der Waals surface area contributed by atoms with E-state index in [-0.39, 0.29) is 16.9 Å². The van der Waals surface area contributed by atoms with Gasteiger partial charge in [0, 0.05) is 23.5 Å². The number of anilines is 1. The van der Waals surface area contributed by atoms with E-state index in [2.05, 4.69) is 5.32 Å². The van der Waals surface area contributed by atoms with Crippen molar-refractivity contribution in [3.8, 4) is 6.07 Å². The highest BCUT2D eigenvalue weighted by molar-refractivity contribution is 7.98. The Balaban J connectivity index is 2.30. The third-order valence-corrected chi connectivity index (χ3v) is 4.74. The molecule has 0 fully saturated rings. The van der Waals surface area contributed by atoms with E-state index in [1.807, 2.05) is 6.07 Å². The molecule has 1 aromatic carbocycles. The van der Waals surface area contributed by atoms with Crippen molar-refractivity contribution in [2.75, 3.05) is 18.1 Å². The number of rotatable bonds is 3. The van der Waals surface area contributed by atoms with Crippen LogP contribution in [-0.2, 0) is 6.54 Å². The van der Waals surface area contributed by atoms with Crippen molar-refractivity contribution in [2.24, 2.45) is 0 Å². The first kappa shape index (κ1) is 16.3. The summed E-state index contributed by atoms with van der Waals surface area (Å²) in [4.78, 5) is 25.9. The van der Waals surface area contributed by atoms with Gasteiger partial charge in [-0.15, -0.1) is 11.8 Å². The van der Waals surface area contributed by atoms with Gasteiger partial charge in [0.05, 0.1) is 5.56 Å². The van der Waals surface area contributed by atoms with E-state index in [9.17, 15) is 19.2 Å². The summed E-state index contributed by atoms with van der Waals surface area (Å²) >= 11 is 1.19. The summed E-state index contributed by atoms with van der Waals surface area (Å²) in [6.45, 7) is 1.09. The van der Waals surface area contributed by atoms with Crippen molar-refractivity contribution in [1.82, 2.24) is 4.57 Å². The van der Waals surface area contributed by atoms with Gasteiger partial charge in [-0.1, -0.05) is 0 Å². The van der Waals surface area contributed by atoms with E-state index < -0.39 is 5.82 Å². The van der Waals surface area contributed by atoms with Crippen LogP contribution in [0.4, 0.5) is 10.2 Å². The SMILES string of the molecule is CSc1c(C(=O)c2ccc(F)cc2)c2n(c(=O)c1C#N)CCCN2. The van der Waals surface area contributed by atoms with Crippen molar-refractivity contribution < 1.29 is 9.18 Å². The molecule has 7 heteroatoms. The average Bonchev–Trinajstić information content (AvgIpc) is 2.61. The van der Waals surface area contributed by atoms with E-state index >= 15 is 0 Å². The number of halogens is 1. The van der Waals surface area contributed by atoms with Gasteiger partial charge in [-0.3, -0.25) is 14.2 Å². The number of ketones is 1. The molecule has 24 heavy (non-hydrogen) atoms. The molecule has 0 unspecified atom stereocenters. The predicted octanol–water partition coefficient (Wildman–Crippen LogP) is 2.63. The lowest BCUT2D eigenvalue weighted by Crippen LogP contribution is -2.33. The highest BCUT2D eigenvalue weighted by atomic mass is 32.2. The number of nitrogens with one attached hydrogen (secondary N) is 1. The smallest absolute Gasteiger partial charge is 0.271 e. The van der Waals surface area contributed by atoms with E-state index in [1.54, 1.807) is 6.26 Å². The maximum absolute atomic E-state index is 13.1. The standard InChI is InChI=1S/C17H14FN3O2S/c1-24-15-12(9-19)17(23)21-8-2-7-20-16(21)13(15)14(22)10-3-5-11(18)6-4-10/h3-6,20H,2,7-8H2,1H3. The molecule has 3 rings (SSSR count). The lowest BCUT2D eigenvalue weighted by Gasteiger charge is -2.24. The summed E-state index contributed by atoms with van der Waals surface area (Å²) in [5.41, 5.74) is 0.189. The number of aromatic nitrogens is 1. The number of nitrogens with zero attached hydrogens (tertiary/aromatic N) is 2. The minimum atomic E-state index is -0.432. The Kier molecular flexibility index (Phi) is 4.40. The summed E-state index contributed by atoms with van der Waals surface area (Å²) in [6.07, 6.45) is 2.46. The minimum Gasteiger partial charge on any atom is -0.371 e. The fourth-order valence-electron chi connectivity index (χ4n) is 2.80. The van der Waals surface area contributed by atoms with Gasteiger partial charge in [0.1, 0.15) is 23.3 Å². The van der Waals surface area contributed by atoms with Crippen LogP contribution in [0.3, 0.4) is 0 Å². The molecule has 0 amide bonds. The van der Waals surface area contributed by atoms with Crippen LogP contribution in [0.5, 0.6) is 0 Å². The lowest BCUT2D eigenvalue weighted by atomic mass is 10.0. The Morgan fingerprint density at radius 2 is 2.08 bits per heavy atom. The molecule has 122 valence electrons. The molecule has 0 radical (unpaired) electrons. The second kappa shape index (κ2) is 6.49. The monoisotopic (exact) mass is 343 g/mol. The van der Waals surface area contributed by atoms with Crippen LogP contribution >= 0.6 is 11.8 Å². The number of carbonyl (C=O) groups is 1. The molecular weight excluding hydrogens is 329 g/mol. The third-order valence-electron chi connectivity index (χ3n) is 3.92. The second-order valence-electron chi connectivity index (χ2n) is 5.32. The van der Waals surface area contributed by atoms with Crippen LogP contribution in [0.25, 0.3) is 0 Å². The van der Waals surface area contributed by atoms with Crippen molar-refractivity contribution in [3.63, 3.8) is 0 Å². The molecule has 1 aliphatic rings. The molecule has 0 atom stereocenters. The van der Waals surface area contributed by atoms with Gasteiger partial charge < -0.3 is 5.32 Å². The van der Waals surface area contributed by atoms with E-state index in [0.29, 0.717) is 34.9 Å². The van der Waals surface area contributed by atoms with Crippen LogP contribution in [0.15, 0.2) is 34.0 Å². The Morgan fingerprint density at radius 1 is 1.38 bits per heavy atom. The normalized spacial score (nSPS) is 12.9. The number of pyridine rings is 1. The summed E-state index contributed by atoms with van der Waals surface area (Å²) < 4.78 is 14.6. The van der Waals surface area contributed by atoms with Gasteiger partial charge in [0.2, 0.25) is 0 Å². The van der Waals surface area contributed by atoms with Crippen molar-refractivity contribution in [3.05, 3.63) is 57.1 Å². The highest BCUT2D eigenvalue weighted by Crippen LogP contribution is 2.32. The van der Waals surface area contributed by atoms with E-state index in [0.717, 1.165) is 6.42 Å². The van der Waals surface area contributed by atoms with Crippen molar-refractivity contribution in [1.29, 1.82) is 5.26 Å². The summed E-state index contributed by atoms with van der Waals surface area (Å²) in [5.74, 6) is -0.336. The van der Waals surface area contributed by atoms with Crippen molar-refractivity contribution in [2.45, 2.75) is 17.9 Å². The fraction of sp³-hybridized carbons (Fsp3) is 0.235. The van der Waals surface area contributed by atoms with Crippen LogP contribution in [0.1, 0.15) is 27.9 Å². The van der Waals surface area contributed by atoms with Gasteiger partial charge in [0.15, 0.2) is 5.78 Å². The number of hydrogen-bond donors (Lipinski definition) is 1. The Bertz CT molecular complexity index is 913. The highest BCUT2D eigenvalue weighted by Gasteiger charge is 2.28. The number of fused-ring (bicyclic) bond motifs is 1. The summed E-state index contributed by atoms with van der Waals surface area (Å²) in [5, 5.41) is 12.5. The first-order chi connectivity index (χ1) is 11.6. The lowest BCUT2D eigenvalue weighted by molar-refractivity contribution is 0.103. The quantitative estimate of drug-likeness (QED) is 0.685. The van der Waals surface area contributed by atoms with Gasteiger partial charge in [0.25, 0.3) is 5.56 Å². The number of benzene rings is 1. The molecule has 1 N–H and O–H groups in total. The molecule has 1 aromatic heterocycles. The second-order valence-corrected chi connectivity index (χ2v) is 6.13. The van der Waals surface area contributed by atoms with E-state index in [1.165, 1.54) is 40.6 Å². The Hall–Kier alpha value is -2.59. The molecule has 0 bridgehead atoms. The van der Waals surface area contributed by atoms with Gasteiger partial charge >= 0.3 is 0 Å². The molecular formula is C17H14FN3O2S. The van der Waals surface area contributed by atoms with Gasteiger partial charge in [-0.25, -0.2) is 4.39 Å². The van der Waals surface area contributed by atoms with Crippen LogP contribution in [0, 0.1) is 17.1 Å². The molecule has 0 saturated heterocycles. The average molecular weight is 343 g/mol. The fourth-order valence-corrected chi connectivity index (χ4v) is 3.53. The topological polar surface area (TPSA) is 74.9 Å². The Morgan fingerprint density at radius 3 is 2.71 bits per heavy atom. The van der Waals surface area contributed by atoms with E-state index in [4.69, 9.17) is 0 Å². The predicted molar refractivity (Wildman–Crippen MR) is 90.1 cm³/mol. The zero-order valence-electron chi connectivity index (χ0n) is 12.9. The maximum atomic E-state index is 13.1. The summed E-state index contributed by atoms with van der Waals surface area (Å²) in [7, 11) is 0. The van der Waals surface area contributed by atoms with Crippen LogP contribution < -0.4 is 10.9 Å². The zero-order valence-corrected chi connectivity index (χ0v) is 13.7. The van der Waals surface area contributed by atoms with Crippen LogP contribution in [0.2, 0.25) is 0 Å². The molecule has 0 spiro atoms. The molecule has 5 nitrogen and oxygen atoms in total. The number of carbonyl (C=O) groups excluding carboxylic acids is 1. The number of hydrogen-bond acceptors (Lipinski definition) is 5. The maximum Gasteiger partial charge on any atom is 0.271 e. The first-order valence-corrected chi connectivity index (χ1v) is 8.60. The molecule has 1 aliphatic heterocycles. The zero-order chi connectivity index (χ0) is 17.3. The van der Waals surface area contributed by atoms with Gasteiger partial charge in [-0.05, 0) is 36.9 Å².